The second-order valence-corrected chi connectivity index (χ2v) is 4.50. The maximum Gasteiger partial charge on any atom is 0.147 e. The number of nitrogens with one attached hydrogen (secondary N) is 1. The van der Waals surface area contributed by atoms with E-state index in [2.05, 4.69) is 26.6 Å². The van der Waals surface area contributed by atoms with E-state index in [-0.39, 0.29) is 0 Å². The van der Waals surface area contributed by atoms with E-state index in [4.69, 9.17) is 0 Å². The van der Waals surface area contributed by atoms with Crippen LogP contribution in [-0.4, -0.2) is 26.3 Å². The fraction of sp³-hybridized carbons (Fsp3) is 0.462. The largest absolute Gasteiger partial charge is 0.369 e. The van der Waals surface area contributed by atoms with Gasteiger partial charge in [-0.05, 0) is 32.3 Å². The van der Waals surface area contributed by atoms with Crippen LogP contribution >= 0.6 is 0 Å². The van der Waals surface area contributed by atoms with Crippen LogP contribution in [0.4, 0.5) is 5.82 Å². The molecule has 18 heavy (non-hydrogen) atoms. The lowest BCUT2D eigenvalue weighted by molar-refractivity contribution is 0.765. The van der Waals surface area contributed by atoms with Crippen LogP contribution in [0.5, 0.6) is 0 Å². The summed E-state index contributed by atoms with van der Waals surface area (Å²) >= 11 is 0. The number of aromatic nitrogens is 4. The maximum atomic E-state index is 4.43. The highest BCUT2D eigenvalue weighted by Gasteiger charge is 2.01. The molecule has 0 aliphatic carbocycles. The summed E-state index contributed by atoms with van der Waals surface area (Å²) in [5, 5.41) is 7.48. The summed E-state index contributed by atoms with van der Waals surface area (Å²) in [6, 6.07) is 0. The number of hydrogen-bond acceptors (Lipinski definition) is 4. The average Bonchev–Trinajstić information content (AvgIpc) is 2.75. The Morgan fingerprint density at radius 2 is 2.11 bits per heavy atom. The molecule has 2 aromatic heterocycles. The molecule has 0 saturated heterocycles. The zero-order valence-corrected chi connectivity index (χ0v) is 11.1. The molecular weight excluding hydrogens is 226 g/mol. The van der Waals surface area contributed by atoms with Crippen LogP contribution in [0.25, 0.3) is 0 Å². The highest BCUT2D eigenvalue weighted by Crippen LogP contribution is 2.09. The SMILES string of the molecule is Cc1cnc(C)c(NCCCc2cnn(C)c2)n1. The van der Waals surface area contributed by atoms with E-state index < -0.39 is 0 Å². The lowest BCUT2D eigenvalue weighted by Crippen LogP contribution is -2.07. The fourth-order valence-corrected chi connectivity index (χ4v) is 1.81. The molecule has 0 saturated carbocycles. The third-order valence-corrected chi connectivity index (χ3v) is 2.77. The van der Waals surface area contributed by atoms with Gasteiger partial charge in [0.1, 0.15) is 5.82 Å². The van der Waals surface area contributed by atoms with Crippen molar-refractivity contribution in [2.75, 3.05) is 11.9 Å². The Morgan fingerprint density at radius 3 is 2.83 bits per heavy atom. The number of hydrogen-bond donors (Lipinski definition) is 1. The Labute approximate surface area is 107 Å². The molecule has 0 aromatic carbocycles. The Kier molecular flexibility index (Phi) is 3.92. The van der Waals surface area contributed by atoms with Crippen LogP contribution in [0.15, 0.2) is 18.6 Å². The first-order valence-corrected chi connectivity index (χ1v) is 6.17. The molecule has 5 nitrogen and oxygen atoms in total. The van der Waals surface area contributed by atoms with E-state index >= 15 is 0 Å². The molecular formula is C13H19N5. The lowest BCUT2D eigenvalue weighted by Gasteiger charge is -2.07. The van der Waals surface area contributed by atoms with Crippen molar-refractivity contribution < 1.29 is 0 Å². The average molecular weight is 245 g/mol. The molecule has 1 N–H and O–H groups in total. The molecule has 2 rings (SSSR count). The van der Waals surface area contributed by atoms with Crippen LogP contribution in [0.2, 0.25) is 0 Å². The van der Waals surface area contributed by atoms with E-state index in [1.807, 2.05) is 31.8 Å². The van der Waals surface area contributed by atoms with Gasteiger partial charge in [0.2, 0.25) is 0 Å². The molecule has 0 radical (unpaired) electrons. The van der Waals surface area contributed by atoms with Gasteiger partial charge in [-0.2, -0.15) is 5.10 Å². The third kappa shape index (κ3) is 3.29. The predicted molar refractivity (Wildman–Crippen MR) is 71.5 cm³/mol. The second kappa shape index (κ2) is 5.62. The highest BCUT2D eigenvalue weighted by molar-refractivity contribution is 5.39. The highest BCUT2D eigenvalue weighted by atomic mass is 15.2. The maximum absolute atomic E-state index is 4.43. The normalized spacial score (nSPS) is 10.6. The summed E-state index contributed by atoms with van der Waals surface area (Å²) in [6.45, 7) is 4.82. The molecule has 0 aliphatic rings. The Hall–Kier alpha value is -1.91. The number of nitrogens with zero attached hydrogens (tertiary/aromatic N) is 4. The van der Waals surface area contributed by atoms with E-state index in [1.54, 1.807) is 6.20 Å². The van der Waals surface area contributed by atoms with Crippen molar-refractivity contribution in [3.8, 4) is 0 Å². The van der Waals surface area contributed by atoms with Gasteiger partial charge in [-0.15, -0.1) is 0 Å². The van der Waals surface area contributed by atoms with Crippen molar-refractivity contribution in [3.05, 3.63) is 35.5 Å². The second-order valence-electron chi connectivity index (χ2n) is 4.50. The Morgan fingerprint density at radius 1 is 1.28 bits per heavy atom. The minimum absolute atomic E-state index is 0.890. The predicted octanol–water partition coefficient (Wildman–Crippen LogP) is 1.87. The fourth-order valence-electron chi connectivity index (χ4n) is 1.81. The smallest absolute Gasteiger partial charge is 0.147 e. The first kappa shape index (κ1) is 12.5. The van der Waals surface area contributed by atoms with Gasteiger partial charge in [0.05, 0.1) is 17.6 Å². The van der Waals surface area contributed by atoms with Gasteiger partial charge < -0.3 is 5.32 Å². The van der Waals surface area contributed by atoms with Crippen molar-refractivity contribution in [2.24, 2.45) is 7.05 Å². The monoisotopic (exact) mass is 245 g/mol. The molecule has 2 heterocycles. The topological polar surface area (TPSA) is 55.6 Å². The van der Waals surface area contributed by atoms with E-state index in [1.165, 1.54) is 5.56 Å². The summed E-state index contributed by atoms with van der Waals surface area (Å²) in [5.41, 5.74) is 3.16. The first-order chi connectivity index (χ1) is 8.65. The molecule has 2 aromatic rings. The molecule has 0 amide bonds. The standard InChI is InChI=1S/C13H19N5/c1-10-7-15-11(2)13(17-10)14-6-4-5-12-8-16-18(3)9-12/h7-9H,4-6H2,1-3H3,(H,14,17). The summed E-state index contributed by atoms with van der Waals surface area (Å²) in [4.78, 5) is 8.71. The van der Waals surface area contributed by atoms with Gasteiger partial charge in [-0.3, -0.25) is 9.67 Å². The Bertz CT molecular complexity index is 518. The molecule has 0 fully saturated rings. The first-order valence-electron chi connectivity index (χ1n) is 6.17. The molecule has 0 spiro atoms. The summed E-state index contributed by atoms with van der Waals surface area (Å²) < 4.78 is 1.83. The van der Waals surface area contributed by atoms with Crippen LogP contribution in [0.1, 0.15) is 23.4 Å². The zero-order valence-electron chi connectivity index (χ0n) is 11.1. The quantitative estimate of drug-likeness (QED) is 0.817. The Balaban J connectivity index is 1.80. The summed E-state index contributed by atoms with van der Waals surface area (Å²) in [5.74, 6) is 0.890. The van der Waals surface area contributed by atoms with Gasteiger partial charge in [-0.1, -0.05) is 0 Å². The summed E-state index contributed by atoms with van der Waals surface area (Å²) in [6.07, 6.45) is 7.84. The van der Waals surface area contributed by atoms with E-state index in [0.29, 0.717) is 0 Å². The number of rotatable bonds is 5. The molecule has 0 atom stereocenters. The van der Waals surface area contributed by atoms with Crippen LogP contribution in [0.3, 0.4) is 0 Å². The van der Waals surface area contributed by atoms with Crippen molar-refractivity contribution in [2.45, 2.75) is 26.7 Å². The lowest BCUT2D eigenvalue weighted by atomic mass is 10.2. The third-order valence-electron chi connectivity index (χ3n) is 2.77. The molecule has 0 bridgehead atoms. The summed E-state index contributed by atoms with van der Waals surface area (Å²) in [7, 11) is 1.94. The van der Waals surface area contributed by atoms with Crippen molar-refractivity contribution >= 4 is 5.82 Å². The zero-order chi connectivity index (χ0) is 13.0. The van der Waals surface area contributed by atoms with Crippen molar-refractivity contribution in [3.63, 3.8) is 0 Å². The van der Waals surface area contributed by atoms with Gasteiger partial charge in [0.25, 0.3) is 0 Å². The number of aryl methyl sites for hydroxylation is 4. The van der Waals surface area contributed by atoms with Crippen molar-refractivity contribution in [1.82, 2.24) is 19.7 Å². The van der Waals surface area contributed by atoms with Crippen LogP contribution in [-0.2, 0) is 13.5 Å². The van der Waals surface area contributed by atoms with Gasteiger partial charge in [-0.25, -0.2) is 4.98 Å². The molecule has 0 aliphatic heterocycles. The van der Waals surface area contributed by atoms with Crippen LogP contribution < -0.4 is 5.32 Å². The van der Waals surface area contributed by atoms with Gasteiger partial charge >= 0.3 is 0 Å². The van der Waals surface area contributed by atoms with Crippen molar-refractivity contribution in [1.29, 1.82) is 0 Å². The molecule has 0 unspecified atom stereocenters. The van der Waals surface area contributed by atoms with Crippen LogP contribution in [0, 0.1) is 13.8 Å². The van der Waals surface area contributed by atoms with Gasteiger partial charge in [0, 0.05) is 26.0 Å². The number of anilines is 1. The van der Waals surface area contributed by atoms with Gasteiger partial charge in [0.15, 0.2) is 0 Å². The molecule has 96 valence electrons. The minimum atomic E-state index is 0.890. The van der Waals surface area contributed by atoms with E-state index in [0.717, 1.165) is 36.6 Å². The minimum Gasteiger partial charge on any atom is -0.369 e. The molecule has 5 heteroatoms. The van der Waals surface area contributed by atoms with E-state index in [9.17, 15) is 0 Å².